The van der Waals surface area contributed by atoms with Gasteiger partial charge in [0, 0.05) is 19.1 Å². The summed E-state index contributed by atoms with van der Waals surface area (Å²) in [6.07, 6.45) is 0.938. The van der Waals surface area contributed by atoms with E-state index in [9.17, 15) is 4.39 Å². The fraction of sp³-hybridized carbons (Fsp3) is 1.00. The van der Waals surface area contributed by atoms with Gasteiger partial charge in [-0.05, 0) is 20.0 Å². The second-order valence-electron chi connectivity index (χ2n) is 2.83. The molecule has 1 heterocycles. The van der Waals surface area contributed by atoms with Crippen LogP contribution in [0.15, 0.2) is 0 Å². The van der Waals surface area contributed by atoms with Crippen LogP contribution in [0, 0.1) is 0 Å². The number of alkyl halides is 1. The van der Waals surface area contributed by atoms with Gasteiger partial charge in [0.1, 0.15) is 6.67 Å². The molecule has 1 saturated heterocycles. The van der Waals surface area contributed by atoms with E-state index < -0.39 is 0 Å². The van der Waals surface area contributed by atoms with E-state index in [-0.39, 0.29) is 12.7 Å². The lowest BCUT2D eigenvalue weighted by molar-refractivity contribution is 0.210. The molecule has 1 rings (SSSR count). The van der Waals surface area contributed by atoms with Crippen LogP contribution in [0.4, 0.5) is 4.39 Å². The highest BCUT2D eigenvalue weighted by Gasteiger charge is 2.15. The summed E-state index contributed by atoms with van der Waals surface area (Å²) in [6.45, 7) is 2.71. The van der Waals surface area contributed by atoms with Gasteiger partial charge in [-0.2, -0.15) is 0 Å². The molecule has 0 aromatic heterocycles. The molecular weight excluding hydrogens is 131 g/mol. The molecular formula is C7H15FN2. The number of halogens is 1. The molecule has 0 aromatic rings. The van der Waals surface area contributed by atoms with Gasteiger partial charge in [-0.3, -0.25) is 4.90 Å². The number of nitrogens with one attached hydrogen (secondary N) is 1. The third-order valence-corrected chi connectivity index (χ3v) is 2.10. The van der Waals surface area contributed by atoms with E-state index in [4.69, 9.17) is 0 Å². The van der Waals surface area contributed by atoms with Crippen LogP contribution in [0.2, 0.25) is 0 Å². The van der Waals surface area contributed by atoms with Crippen LogP contribution < -0.4 is 5.32 Å². The van der Waals surface area contributed by atoms with E-state index in [0.717, 1.165) is 26.1 Å². The van der Waals surface area contributed by atoms with E-state index in [2.05, 4.69) is 10.2 Å². The lowest BCUT2D eigenvalue weighted by atomic mass is 10.2. The normalized spacial score (nSPS) is 30.0. The van der Waals surface area contributed by atoms with Crippen LogP contribution >= 0.6 is 0 Å². The van der Waals surface area contributed by atoms with Gasteiger partial charge in [0.05, 0.1) is 0 Å². The molecule has 1 aliphatic heterocycles. The molecule has 0 aromatic carbocycles. The summed E-state index contributed by atoms with van der Waals surface area (Å²) in [7, 11) is 1.98. The Morgan fingerprint density at radius 2 is 2.40 bits per heavy atom. The fourth-order valence-electron chi connectivity index (χ4n) is 1.25. The standard InChI is InChI=1S/C7H15FN2/c1-10-5-4-9-3-2-7(10)6-8/h7,9H,2-6H2,1H3. The van der Waals surface area contributed by atoms with E-state index in [1.165, 1.54) is 0 Å². The molecule has 2 nitrogen and oxygen atoms in total. The summed E-state index contributed by atoms with van der Waals surface area (Å²) < 4.78 is 12.2. The summed E-state index contributed by atoms with van der Waals surface area (Å²) in [4.78, 5) is 2.08. The second-order valence-corrected chi connectivity index (χ2v) is 2.83. The number of nitrogens with zero attached hydrogens (tertiary/aromatic N) is 1. The lowest BCUT2D eigenvalue weighted by Gasteiger charge is -2.21. The Labute approximate surface area is 61.4 Å². The second kappa shape index (κ2) is 3.88. The number of likely N-dealkylation sites (N-methyl/N-ethyl adjacent to an activating group) is 1. The predicted molar refractivity (Wildman–Crippen MR) is 39.9 cm³/mol. The highest BCUT2D eigenvalue weighted by Crippen LogP contribution is 2.03. The Balaban J connectivity index is 2.35. The SMILES string of the molecule is CN1CCNCCC1CF. The van der Waals surface area contributed by atoms with Crippen molar-refractivity contribution < 1.29 is 4.39 Å². The van der Waals surface area contributed by atoms with Gasteiger partial charge >= 0.3 is 0 Å². The minimum absolute atomic E-state index is 0.148. The quantitative estimate of drug-likeness (QED) is 0.570. The van der Waals surface area contributed by atoms with Crippen molar-refractivity contribution in [3.05, 3.63) is 0 Å². The monoisotopic (exact) mass is 146 g/mol. The molecule has 3 heteroatoms. The molecule has 0 aliphatic carbocycles. The molecule has 1 fully saturated rings. The fourth-order valence-corrected chi connectivity index (χ4v) is 1.25. The molecule has 0 radical (unpaired) electrons. The Kier molecular flexibility index (Phi) is 3.09. The van der Waals surface area contributed by atoms with Crippen LogP contribution in [0.5, 0.6) is 0 Å². The largest absolute Gasteiger partial charge is 0.315 e. The predicted octanol–water partition coefficient (Wildman–Crippen LogP) is 0.250. The third kappa shape index (κ3) is 1.92. The smallest absolute Gasteiger partial charge is 0.105 e. The molecule has 60 valence electrons. The number of hydrogen-bond donors (Lipinski definition) is 1. The van der Waals surface area contributed by atoms with Crippen molar-refractivity contribution in [3.63, 3.8) is 0 Å². The number of hydrogen-bond acceptors (Lipinski definition) is 2. The average molecular weight is 146 g/mol. The average Bonchev–Trinajstić information content (AvgIpc) is 2.13. The Morgan fingerprint density at radius 1 is 1.60 bits per heavy atom. The van der Waals surface area contributed by atoms with E-state index in [1.807, 2.05) is 7.05 Å². The van der Waals surface area contributed by atoms with Crippen molar-refractivity contribution in [2.45, 2.75) is 12.5 Å². The molecule has 1 unspecified atom stereocenters. The Morgan fingerprint density at radius 3 is 3.10 bits per heavy atom. The van der Waals surface area contributed by atoms with Crippen LogP contribution in [-0.2, 0) is 0 Å². The molecule has 0 amide bonds. The topological polar surface area (TPSA) is 15.3 Å². The van der Waals surface area contributed by atoms with Gasteiger partial charge in [-0.25, -0.2) is 4.39 Å². The minimum Gasteiger partial charge on any atom is -0.315 e. The van der Waals surface area contributed by atoms with E-state index in [1.54, 1.807) is 0 Å². The third-order valence-electron chi connectivity index (χ3n) is 2.10. The molecule has 0 bridgehead atoms. The summed E-state index contributed by atoms with van der Waals surface area (Å²) in [5.74, 6) is 0. The molecule has 1 N–H and O–H groups in total. The maximum atomic E-state index is 12.2. The molecule has 1 atom stereocenters. The highest BCUT2D eigenvalue weighted by molar-refractivity contribution is 4.73. The molecule has 10 heavy (non-hydrogen) atoms. The van der Waals surface area contributed by atoms with E-state index >= 15 is 0 Å². The minimum atomic E-state index is -0.210. The lowest BCUT2D eigenvalue weighted by Crippen LogP contribution is -2.33. The van der Waals surface area contributed by atoms with Gasteiger partial charge in [0.2, 0.25) is 0 Å². The van der Waals surface area contributed by atoms with Gasteiger partial charge in [0.15, 0.2) is 0 Å². The number of rotatable bonds is 1. The Hall–Kier alpha value is -0.150. The van der Waals surface area contributed by atoms with E-state index in [0.29, 0.717) is 0 Å². The first-order chi connectivity index (χ1) is 4.84. The van der Waals surface area contributed by atoms with Crippen LogP contribution in [0.1, 0.15) is 6.42 Å². The van der Waals surface area contributed by atoms with Gasteiger partial charge < -0.3 is 5.32 Å². The summed E-state index contributed by atoms with van der Waals surface area (Å²) in [6, 6.07) is 0.148. The van der Waals surface area contributed by atoms with Crippen LogP contribution in [0.25, 0.3) is 0 Å². The van der Waals surface area contributed by atoms with Gasteiger partial charge in [-0.1, -0.05) is 0 Å². The van der Waals surface area contributed by atoms with Crippen molar-refractivity contribution in [1.29, 1.82) is 0 Å². The van der Waals surface area contributed by atoms with Crippen molar-refractivity contribution in [2.24, 2.45) is 0 Å². The first kappa shape index (κ1) is 7.95. The zero-order chi connectivity index (χ0) is 7.40. The molecule has 1 aliphatic rings. The Bertz CT molecular complexity index is 97.6. The van der Waals surface area contributed by atoms with Crippen molar-refractivity contribution in [3.8, 4) is 0 Å². The van der Waals surface area contributed by atoms with Gasteiger partial charge in [-0.15, -0.1) is 0 Å². The van der Waals surface area contributed by atoms with Crippen LogP contribution in [-0.4, -0.2) is 44.3 Å². The maximum Gasteiger partial charge on any atom is 0.105 e. The molecule has 0 spiro atoms. The first-order valence-electron chi connectivity index (χ1n) is 3.81. The summed E-state index contributed by atoms with van der Waals surface area (Å²) >= 11 is 0. The zero-order valence-corrected chi connectivity index (χ0v) is 6.44. The highest BCUT2D eigenvalue weighted by atomic mass is 19.1. The van der Waals surface area contributed by atoms with Crippen molar-refractivity contribution >= 4 is 0 Å². The molecule has 0 saturated carbocycles. The van der Waals surface area contributed by atoms with Crippen LogP contribution in [0.3, 0.4) is 0 Å². The zero-order valence-electron chi connectivity index (χ0n) is 6.44. The van der Waals surface area contributed by atoms with Gasteiger partial charge in [0.25, 0.3) is 0 Å². The maximum absolute atomic E-state index is 12.2. The van der Waals surface area contributed by atoms with Crippen molar-refractivity contribution in [2.75, 3.05) is 33.4 Å². The van der Waals surface area contributed by atoms with Crippen molar-refractivity contribution in [1.82, 2.24) is 10.2 Å². The summed E-state index contributed by atoms with van der Waals surface area (Å²) in [5, 5.41) is 3.23. The first-order valence-corrected chi connectivity index (χ1v) is 3.81. The summed E-state index contributed by atoms with van der Waals surface area (Å²) in [5.41, 5.74) is 0.